The van der Waals surface area contributed by atoms with E-state index in [9.17, 15) is 19.5 Å². The summed E-state index contributed by atoms with van der Waals surface area (Å²) in [6.45, 7) is 5.19. The Labute approximate surface area is 98.5 Å². The second kappa shape index (κ2) is 7.27. The highest BCUT2D eigenvalue weighted by Gasteiger charge is 2.24. The molecule has 0 aromatic rings. The first-order chi connectivity index (χ1) is 7.43. The van der Waals surface area contributed by atoms with E-state index in [0.29, 0.717) is 6.42 Å². The average molecular weight is 247 g/mol. The zero-order valence-electron chi connectivity index (χ0n) is 9.52. The summed E-state index contributed by atoms with van der Waals surface area (Å²) in [6, 6.07) is 0. The third-order valence-electron chi connectivity index (χ3n) is 1.85. The van der Waals surface area contributed by atoms with E-state index < -0.39 is 28.2 Å². The summed E-state index contributed by atoms with van der Waals surface area (Å²) in [4.78, 5) is 32.8. The number of carbonyl (C=O) groups excluding carboxylic acids is 3. The van der Waals surface area contributed by atoms with Crippen LogP contribution in [0.3, 0.4) is 0 Å². The van der Waals surface area contributed by atoms with E-state index in [-0.39, 0.29) is 6.61 Å². The van der Waals surface area contributed by atoms with Crippen molar-refractivity contribution in [1.82, 2.24) is 0 Å². The van der Waals surface area contributed by atoms with Gasteiger partial charge in [0.05, 0.1) is 11.9 Å². The molecule has 0 fully saturated rings. The zero-order valence-corrected chi connectivity index (χ0v) is 10.3. The molecule has 0 aromatic carbocycles. The quantitative estimate of drug-likeness (QED) is 0.456. The minimum absolute atomic E-state index is 0.259. The van der Waals surface area contributed by atoms with Crippen LogP contribution >= 0.6 is 11.8 Å². The summed E-state index contributed by atoms with van der Waals surface area (Å²) in [5.74, 6) is -3.14. The molecule has 0 aromatic heterocycles. The van der Waals surface area contributed by atoms with Crippen molar-refractivity contribution in [3.05, 3.63) is 0 Å². The van der Waals surface area contributed by atoms with Gasteiger partial charge in [-0.2, -0.15) is 0 Å². The number of esters is 1. The van der Waals surface area contributed by atoms with Crippen LogP contribution in [-0.4, -0.2) is 34.8 Å². The SMILES string of the molecule is CCOC(=O)C(C)SC(CC)C(=O)C(=O)[O-]. The van der Waals surface area contributed by atoms with Crippen LogP contribution in [0.1, 0.15) is 27.2 Å². The molecule has 0 heterocycles. The number of ketones is 1. The van der Waals surface area contributed by atoms with Crippen molar-refractivity contribution in [2.45, 2.75) is 37.7 Å². The Kier molecular flexibility index (Phi) is 6.80. The van der Waals surface area contributed by atoms with Crippen molar-refractivity contribution in [3.8, 4) is 0 Å². The number of thioether (sulfide) groups is 1. The molecule has 0 saturated carbocycles. The van der Waals surface area contributed by atoms with Gasteiger partial charge in [0.1, 0.15) is 11.2 Å². The molecule has 16 heavy (non-hydrogen) atoms. The molecule has 2 unspecified atom stereocenters. The van der Waals surface area contributed by atoms with Gasteiger partial charge in [0, 0.05) is 0 Å². The van der Waals surface area contributed by atoms with Gasteiger partial charge in [0.15, 0.2) is 5.78 Å². The molecule has 0 rings (SSSR count). The molecule has 2 atom stereocenters. The molecule has 0 N–H and O–H groups in total. The number of hydrogen-bond acceptors (Lipinski definition) is 6. The largest absolute Gasteiger partial charge is 0.542 e. The average Bonchev–Trinajstić information content (AvgIpc) is 2.24. The summed E-state index contributed by atoms with van der Waals surface area (Å²) in [5.41, 5.74) is 0. The Bertz CT molecular complexity index is 276. The maximum absolute atomic E-state index is 11.3. The number of hydrogen-bond donors (Lipinski definition) is 0. The molecule has 0 saturated heterocycles. The molecule has 0 amide bonds. The van der Waals surface area contributed by atoms with Gasteiger partial charge in [0.25, 0.3) is 0 Å². The molecule has 0 bridgehead atoms. The lowest BCUT2D eigenvalue weighted by atomic mass is 10.2. The van der Waals surface area contributed by atoms with Gasteiger partial charge in [-0.1, -0.05) is 6.92 Å². The van der Waals surface area contributed by atoms with Gasteiger partial charge in [-0.05, 0) is 20.3 Å². The normalized spacial score (nSPS) is 13.9. The predicted molar refractivity (Wildman–Crippen MR) is 57.8 cm³/mol. The van der Waals surface area contributed by atoms with E-state index in [0.717, 1.165) is 11.8 Å². The van der Waals surface area contributed by atoms with Crippen LogP contribution in [0.2, 0.25) is 0 Å². The van der Waals surface area contributed by atoms with Crippen LogP contribution in [0.4, 0.5) is 0 Å². The number of carboxylic acids is 1. The number of aliphatic carboxylic acids is 1. The van der Waals surface area contributed by atoms with Gasteiger partial charge >= 0.3 is 5.97 Å². The molecule has 5 nitrogen and oxygen atoms in total. The van der Waals surface area contributed by atoms with Gasteiger partial charge < -0.3 is 14.6 Å². The lowest BCUT2D eigenvalue weighted by molar-refractivity contribution is -0.299. The molecule has 0 aliphatic carbocycles. The van der Waals surface area contributed by atoms with E-state index in [4.69, 9.17) is 4.74 Å². The fourth-order valence-electron chi connectivity index (χ4n) is 1.04. The second-order valence-electron chi connectivity index (χ2n) is 3.08. The van der Waals surface area contributed by atoms with E-state index in [1.165, 1.54) is 0 Å². The smallest absolute Gasteiger partial charge is 0.318 e. The maximum atomic E-state index is 11.3. The van der Waals surface area contributed by atoms with Crippen molar-refractivity contribution >= 4 is 29.5 Å². The fraction of sp³-hybridized carbons (Fsp3) is 0.700. The second-order valence-corrected chi connectivity index (χ2v) is 4.63. The Morgan fingerprint density at radius 3 is 2.25 bits per heavy atom. The number of ether oxygens (including phenoxy) is 1. The number of carbonyl (C=O) groups is 3. The van der Waals surface area contributed by atoms with Crippen molar-refractivity contribution in [1.29, 1.82) is 0 Å². The molecule has 0 aliphatic rings. The van der Waals surface area contributed by atoms with Crippen molar-refractivity contribution in [3.63, 3.8) is 0 Å². The zero-order chi connectivity index (χ0) is 12.7. The highest BCUT2D eigenvalue weighted by Crippen LogP contribution is 2.22. The number of carboxylic acid groups (broad SMARTS) is 1. The van der Waals surface area contributed by atoms with Gasteiger partial charge in [-0.3, -0.25) is 9.59 Å². The third kappa shape index (κ3) is 4.65. The number of Topliss-reactive ketones (excluding diaryl/α,β-unsaturated/α-hetero) is 1. The molecule has 0 spiro atoms. The Morgan fingerprint density at radius 1 is 1.31 bits per heavy atom. The first-order valence-corrected chi connectivity index (χ1v) is 5.95. The van der Waals surface area contributed by atoms with Crippen molar-refractivity contribution < 1.29 is 24.2 Å². The minimum Gasteiger partial charge on any atom is -0.542 e. The highest BCUT2D eigenvalue weighted by molar-refractivity contribution is 8.01. The topological polar surface area (TPSA) is 83.5 Å². The molecule has 0 aliphatic heterocycles. The van der Waals surface area contributed by atoms with Crippen LogP contribution in [0.25, 0.3) is 0 Å². The van der Waals surface area contributed by atoms with Crippen molar-refractivity contribution in [2.24, 2.45) is 0 Å². The minimum atomic E-state index is -1.71. The molecule has 0 radical (unpaired) electrons. The van der Waals surface area contributed by atoms with E-state index in [2.05, 4.69) is 0 Å². The fourth-order valence-corrected chi connectivity index (χ4v) is 2.12. The summed E-state index contributed by atoms with van der Waals surface area (Å²) >= 11 is 0.984. The lowest BCUT2D eigenvalue weighted by Crippen LogP contribution is -2.38. The summed E-state index contributed by atoms with van der Waals surface area (Å²) < 4.78 is 4.76. The Balaban J connectivity index is 4.37. The van der Waals surface area contributed by atoms with Crippen LogP contribution < -0.4 is 5.11 Å². The van der Waals surface area contributed by atoms with E-state index in [1.54, 1.807) is 20.8 Å². The molecule has 92 valence electrons. The number of rotatable bonds is 7. The van der Waals surface area contributed by atoms with E-state index >= 15 is 0 Å². The Morgan fingerprint density at radius 2 is 1.88 bits per heavy atom. The first-order valence-electron chi connectivity index (χ1n) is 5.01. The maximum Gasteiger partial charge on any atom is 0.318 e. The van der Waals surface area contributed by atoms with Crippen LogP contribution in [0.15, 0.2) is 0 Å². The summed E-state index contributed by atoms with van der Waals surface area (Å²) in [7, 11) is 0. The van der Waals surface area contributed by atoms with Crippen LogP contribution in [-0.2, 0) is 19.1 Å². The standard InChI is InChI=1S/C10H16O5S/c1-4-7(8(11)9(12)13)16-6(3)10(14)15-5-2/h6-7H,4-5H2,1-3H3,(H,12,13)/p-1. The van der Waals surface area contributed by atoms with Gasteiger partial charge in [-0.15, -0.1) is 11.8 Å². The third-order valence-corrected chi connectivity index (χ3v) is 3.33. The first kappa shape index (κ1) is 15.0. The summed E-state index contributed by atoms with van der Waals surface area (Å²) in [6.07, 6.45) is 0.335. The summed E-state index contributed by atoms with van der Waals surface area (Å²) in [5, 5.41) is 9.06. The molecular weight excluding hydrogens is 232 g/mol. The highest BCUT2D eigenvalue weighted by atomic mass is 32.2. The van der Waals surface area contributed by atoms with Gasteiger partial charge in [-0.25, -0.2) is 0 Å². The van der Waals surface area contributed by atoms with E-state index in [1.807, 2.05) is 0 Å². The monoisotopic (exact) mass is 247 g/mol. The molecular formula is C10H15O5S-. The van der Waals surface area contributed by atoms with Crippen LogP contribution in [0.5, 0.6) is 0 Å². The predicted octanol–water partition coefficient (Wildman–Crippen LogP) is -0.231. The van der Waals surface area contributed by atoms with Crippen LogP contribution in [0, 0.1) is 0 Å². The van der Waals surface area contributed by atoms with Gasteiger partial charge in [0.2, 0.25) is 0 Å². The van der Waals surface area contributed by atoms with Crippen molar-refractivity contribution in [2.75, 3.05) is 6.61 Å². The Hall–Kier alpha value is -1.04. The lowest BCUT2D eigenvalue weighted by Gasteiger charge is -2.17. The molecule has 6 heteroatoms.